The van der Waals surface area contributed by atoms with Crippen molar-refractivity contribution in [3.63, 3.8) is 0 Å². The maximum absolute atomic E-state index is 12.3. The van der Waals surface area contributed by atoms with Gasteiger partial charge in [0.1, 0.15) is 5.54 Å². The minimum atomic E-state index is -0.957. The number of carbonyl (C=O) groups is 2. The van der Waals surface area contributed by atoms with Gasteiger partial charge in [0, 0.05) is 6.54 Å². The van der Waals surface area contributed by atoms with Crippen LogP contribution in [0.2, 0.25) is 0 Å². The van der Waals surface area contributed by atoms with Gasteiger partial charge in [-0.05, 0) is 38.6 Å². The van der Waals surface area contributed by atoms with E-state index in [4.69, 9.17) is 0 Å². The lowest BCUT2D eigenvalue weighted by Gasteiger charge is -2.35. The Morgan fingerprint density at radius 2 is 2.24 bits per heavy atom. The minimum Gasteiger partial charge on any atom is -0.479 e. The summed E-state index contributed by atoms with van der Waals surface area (Å²) in [6, 6.07) is -0.168. The highest BCUT2D eigenvalue weighted by molar-refractivity contribution is 5.90. The van der Waals surface area contributed by atoms with Crippen LogP contribution >= 0.6 is 0 Å². The highest BCUT2D eigenvalue weighted by Crippen LogP contribution is 2.33. The van der Waals surface area contributed by atoms with Crippen LogP contribution in [0.4, 0.5) is 0 Å². The second kappa shape index (κ2) is 4.64. The fourth-order valence-electron chi connectivity index (χ4n) is 3.02. The summed E-state index contributed by atoms with van der Waals surface area (Å²) in [5, 5.41) is 12.6. The van der Waals surface area contributed by atoms with Crippen molar-refractivity contribution in [3.8, 4) is 0 Å². The Kier molecular flexibility index (Phi) is 3.38. The second-order valence-corrected chi connectivity index (χ2v) is 4.93. The van der Waals surface area contributed by atoms with Crippen LogP contribution in [0.5, 0.6) is 0 Å². The predicted octanol–water partition coefficient (Wildman–Crippen LogP) is 0.594. The Morgan fingerprint density at radius 1 is 1.47 bits per heavy atom. The van der Waals surface area contributed by atoms with Crippen LogP contribution in [0.3, 0.4) is 0 Å². The molecule has 17 heavy (non-hydrogen) atoms. The van der Waals surface area contributed by atoms with Crippen LogP contribution < -0.4 is 5.32 Å². The van der Waals surface area contributed by atoms with Crippen molar-refractivity contribution in [2.24, 2.45) is 0 Å². The molecule has 2 aliphatic rings. The molecule has 2 atom stereocenters. The van der Waals surface area contributed by atoms with E-state index in [1.165, 1.54) is 0 Å². The molecule has 1 amide bonds. The average Bonchev–Trinajstić information content (AvgIpc) is 2.97. The summed E-state index contributed by atoms with van der Waals surface area (Å²) in [6.45, 7) is 3.29. The van der Waals surface area contributed by atoms with Gasteiger partial charge in [-0.3, -0.25) is 4.79 Å². The van der Waals surface area contributed by atoms with E-state index in [1.807, 2.05) is 6.92 Å². The third-order valence-electron chi connectivity index (χ3n) is 4.10. The zero-order valence-electron chi connectivity index (χ0n) is 10.2. The van der Waals surface area contributed by atoms with E-state index in [1.54, 1.807) is 4.90 Å². The van der Waals surface area contributed by atoms with E-state index in [-0.39, 0.29) is 11.9 Å². The number of carboxylic acids is 1. The minimum absolute atomic E-state index is 0.0238. The Hall–Kier alpha value is -1.10. The maximum atomic E-state index is 12.3. The summed E-state index contributed by atoms with van der Waals surface area (Å²) in [4.78, 5) is 25.4. The van der Waals surface area contributed by atoms with E-state index in [0.717, 1.165) is 25.8 Å². The number of nitrogens with one attached hydrogen (secondary N) is 1. The van der Waals surface area contributed by atoms with Gasteiger partial charge in [-0.2, -0.15) is 0 Å². The summed E-state index contributed by atoms with van der Waals surface area (Å²) in [5.41, 5.74) is -0.957. The molecule has 0 aromatic carbocycles. The molecule has 0 radical (unpaired) electrons. The van der Waals surface area contributed by atoms with Gasteiger partial charge < -0.3 is 15.3 Å². The summed E-state index contributed by atoms with van der Waals surface area (Å²) < 4.78 is 0. The van der Waals surface area contributed by atoms with Crippen molar-refractivity contribution in [1.82, 2.24) is 10.2 Å². The topological polar surface area (TPSA) is 69.6 Å². The number of aliphatic carboxylic acids is 1. The molecule has 2 rings (SSSR count). The van der Waals surface area contributed by atoms with Gasteiger partial charge in [-0.25, -0.2) is 4.79 Å². The second-order valence-electron chi connectivity index (χ2n) is 4.93. The van der Waals surface area contributed by atoms with Crippen molar-refractivity contribution >= 4 is 11.9 Å². The molecule has 5 nitrogen and oxygen atoms in total. The van der Waals surface area contributed by atoms with Gasteiger partial charge >= 0.3 is 5.97 Å². The summed E-state index contributed by atoms with van der Waals surface area (Å²) in [5.74, 6) is -0.881. The van der Waals surface area contributed by atoms with E-state index in [2.05, 4.69) is 5.32 Å². The van der Waals surface area contributed by atoms with Crippen LogP contribution in [0.1, 0.15) is 39.0 Å². The van der Waals surface area contributed by atoms with E-state index >= 15 is 0 Å². The standard InChI is InChI=1S/C12H20N2O3/c1-2-12(11(16)17)6-4-8-14(12)10(15)9-5-3-7-13-9/h9,13H,2-8H2,1H3,(H,16,17)/t9-,12?/m1/s1. The Bertz CT molecular complexity index is 326. The Balaban J connectivity index is 2.18. The SMILES string of the molecule is CCC1(C(=O)O)CCCN1C(=O)[C@H]1CCCN1. The fraction of sp³-hybridized carbons (Fsp3) is 0.833. The monoisotopic (exact) mass is 240 g/mol. The van der Waals surface area contributed by atoms with Crippen LogP contribution in [-0.2, 0) is 9.59 Å². The zero-order chi connectivity index (χ0) is 12.5. The third kappa shape index (κ3) is 1.92. The number of carbonyl (C=O) groups excluding carboxylic acids is 1. The van der Waals surface area contributed by atoms with Gasteiger partial charge in [0.05, 0.1) is 6.04 Å². The lowest BCUT2D eigenvalue weighted by molar-refractivity contribution is -0.157. The molecule has 2 saturated heterocycles. The number of hydrogen-bond donors (Lipinski definition) is 2. The third-order valence-corrected chi connectivity index (χ3v) is 4.10. The van der Waals surface area contributed by atoms with E-state index in [9.17, 15) is 14.7 Å². The fourth-order valence-corrected chi connectivity index (χ4v) is 3.02. The first-order valence-corrected chi connectivity index (χ1v) is 6.40. The van der Waals surface area contributed by atoms with Gasteiger partial charge in [0.25, 0.3) is 0 Å². The molecule has 0 saturated carbocycles. The summed E-state index contributed by atoms with van der Waals surface area (Å²) >= 11 is 0. The van der Waals surface area contributed by atoms with Gasteiger partial charge in [0.15, 0.2) is 0 Å². The smallest absolute Gasteiger partial charge is 0.329 e. The molecular formula is C12H20N2O3. The first kappa shape index (κ1) is 12.4. The van der Waals surface area contributed by atoms with Gasteiger partial charge in [0.2, 0.25) is 5.91 Å². The summed E-state index contributed by atoms with van der Waals surface area (Å²) in [6.07, 6.45) is 3.68. The quantitative estimate of drug-likeness (QED) is 0.757. The van der Waals surface area contributed by atoms with Gasteiger partial charge in [-0.1, -0.05) is 6.92 Å². The number of amides is 1. The maximum Gasteiger partial charge on any atom is 0.329 e. The zero-order valence-corrected chi connectivity index (χ0v) is 10.2. The number of hydrogen-bond acceptors (Lipinski definition) is 3. The van der Waals surface area contributed by atoms with Gasteiger partial charge in [-0.15, -0.1) is 0 Å². The van der Waals surface area contributed by atoms with Crippen LogP contribution in [-0.4, -0.2) is 46.6 Å². The largest absolute Gasteiger partial charge is 0.479 e. The number of rotatable bonds is 3. The Labute approximate surface area is 101 Å². The molecule has 0 aliphatic carbocycles. The molecular weight excluding hydrogens is 220 g/mol. The number of carboxylic acid groups (broad SMARTS) is 1. The van der Waals surface area contributed by atoms with Crippen molar-refractivity contribution in [2.45, 2.75) is 50.6 Å². The highest BCUT2D eigenvalue weighted by atomic mass is 16.4. The normalized spacial score (nSPS) is 33.0. The highest BCUT2D eigenvalue weighted by Gasteiger charge is 2.49. The summed E-state index contributed by atoms with van der Waals surface area (Å²) in [7, 11) is 0. The first-order chi connectivity index (χ1) is 8.12. The average molecular weight is 240 g/mol. The van der Waals surface area contributed by atoms with Crippen molar-refractivity contribution in [1.29, 1.82) is 0 Å². The molecule has 0 aromatic heterocycles. The predicted molar refractivity (Wildman–Crippen MR) is 62.6 cm³/mol. The number of nitrogens with zero attached hydrogens (tertiary/aromatic N) is 1. The molecule has 0 spiro atoms. The van der Waals surface area contributed by atoms with Crippen molar-refractivity contribution in [3.05, 3.63) is 0 Å². The van der Waals surface area contributed by atoms with E-state index in [0.29, 0.717) is 19.4 Å². The molecule has 0 aromatic rings. The molecule has 5 heteroatoms. The Morgan fingerprint density at radius 3 is 2.76 bits per heavy atom. The van der Waals surface area contributed by atoms with Crippen LogP contribution in [0.15, 0.2) is 0 Å². The van der Waals surface area contributed by atoms with Crippen molar-refractivity contribution in [2.75, 3.05) is 13.1 Å². The first-order valence-electron chi connectivity index (χ1n) is 6.40. The molecule has 2 fully saturated rings. The molecule has 0 bridgehead atoms. The van der Waals surface area contributed by atoms with Crippen LogP contribution in [0.25, 0.3) is 0 Å². The molecule has 2 aliphatic heterocycles. The lowest BCUT2D eigenvalue weighted by atomic mass is 9.92. The van der Waals surface area contributed by atoms with Crippen molar-refractivity contribution < 1.29 is 14.7 Å². The lowest BCUT2D eigenvalue weighted by Crippen LogP contribution is -2.56. The molecule has 2 heterocycles. The van der Waals surface area contributed by atoms with E-state index < -0.39 is 11.5 Å². The van der Waals surface area contributed by atoms with Crippen LogP contribution in [0, 0.1) is 0 Å². The molecule has 2 N–H and O–H groups in total. The molecule has 1 unspecified atom stereocenters. The number of likely N-dealkylation sites (tertiary alicyclic amines) is 1. The molecule has 96 valence electrons.